The summed E-state index contributed by atoms with van der Waals surface area (Å²) in [6.07, 6.45) is 6.95. The third-order valence-corrected chi connectivity index (χ3v) is 4.92. The number of ether oxygens (including phenoxy) is 1. The molecule has 1 N–H and O–H groups in total. The number of hydrogen-bond acceptors (Lipinski definition) is 4. The average Bonchev–Trinajstić information content (AvgIpc) is 2.48. The monoisotopic (exact) mass is 279 g/mol. The quantitative estimate of drug-likeness (QED) is 0.838. The second-order valence-corrected chi connectivity index (χ2v) is 6.43. The van der Waals surface area contributed by atoms with E-state index >= 15 is 0 Å². The van der Waals surface area contributed by atoms with Crippen molar-refractivity contribution >= 4 is 0 Å². The van der Waals surface area contributed by atoms with Gasteiger partial charge in [0.15, 0.2) is 0 Å². The van der Waals surface area contributed by atoms with Gasteiger partial charge in [-0.2, -0.15) is 5.26 Å². The zero-order valence-corrected chi connectivity index (χ0v) is 13.0. The first-order valence-corrected chi connectivity index (χ1v) is 8.12. The molecule has 0 aromatic carbocycles. The highest BCUT2D eigenvalue weighted by Crippen LogP contribution is 2.33. The maximum Gasteiger partial charge on any atom is 0.108 e. The molecule has 3 atom stereocenters. The van der Waals surface area contributed by atoms with Crippen molar-refractivity contribution in [2.75, 3.05) is 33.4 Å². The lowest BCUT2D eigenvalue weighted by molar-refractivity contribution is 0.0458. The Morgan fingerprint density at radius 1 is 1.40 bits per heavy atom. The zero-order valence-electron chi connectivity index (χ0n) is 13.0. The number of nitrogens with one attached hydrogen (secondary N) is 1. The van der Waals surface area contributed by atoms with E-state index in [-0.39, 0.29) is 5.54 Å². The van der Waals surface area contributed by atoms with Crippen molar-refractivity contribution in [3.05, 3.63) is 0 Å². The van der Waals surface area contributed by atoms with Gasteiger partial charge in [0.25, 0.3) is 0 Å². The molecule has 0 aromatic rings. The molecule has 0 bridgehead atoms. The van der Waals surface area contributed by atoms with E-state index in [0.29, 0.717) is 12.0 Å². The van der Waals surface area contributed by atoms with Gasteiger partial charge in [-0.25, -0.2) is 0 Å². The Kier molecular flexibility index (Phi) is 5.83. The molecule has 2 aliphatic rings. The normalized spacial score (nSPS) is 35.6. The van der Waals surface area contributed by atoms with E-state index in [1.807, 2.05) is 0 Å². The number of piperidine rings is 1. The first-order chi connectivity index (χ1) is 9.73. The van der Waals surface area contributed by atoms with Crippen LogP contribution in [0.3, 0.4) is 0 Å². The predicted molar refractivity (Wildman–Crippen MR) is 80.4 cm³/mol. The van der Waals surface area contributed by atoms with Crippen molar-refractivity contribution in [2.45, 2.75) is 57.0 Å². The number of methoxy groups -OCH3 is 1. The van der Waals surface area contributed by atoms with E-state index in [4.69, 9.17) is 4.74 Å². The van der Waals surface area contributed by atoms with Gasteiger partial charge in [0.1, 0.15) is 5.54 Å². The van der Waals surface area contributed by atoms with E-state index in [1.165, 1.54) is 25.8 Å². The number of rotatable bonds is 5. The molecule has 0 spiro atoms. The number of nitrogens with zero attached hydrogens (tertiary/aromatic N) is 2. The Labute approximate surface area is 123 Å². The molecule has 20 heavy (non-hydrogen) atoms. The van der Waals surface area contributed by atoms with Crippen molar-refractivity contribution in [3.8, 4) is 6.07 Å². The summed E-state index contributed by atoms with van der Waals surface area (Å²) >= 11 is 0. The Balaban J connectivity index is 1.96. The van der Waals surface area contributed by atoms with Gasteiger partial charge in [0.2, 0.25) is 0 Å². The summed E-state index contributed by atoms with van der Waals surface area (Å²) in [6, 6.07) is 3.13. The molecule has 1 heterocycles. The Bertz CT molecular complexity index is 335. The van der Waals surface area contributed by atoms with Gasteiger partial charge in [-0.3, -0.25) is 10.2 Å². The highest BCUT2D eigenvalue weighted by atomic mass is 16.5. The van der Waals surface area contributed by atoms with Gasteiger partial charge < -0.3 is 4.74 Å². The molecule has 3 unspecified atom stereocenters. The van der Waals surface area contributed by atoms with Crippen LogP contribution in [-0.2, 0) is 4.74 Å². The number of likely N-dealkylation sites (tertiary alicyclic amines) is 1. The van der Waals surface area contributed by atoms with Crippen molar-refractivity contribution in [3.63, 3.8) is 0 Å². The Morgan fingerprint density at radius 3 is 2.95 bits per heavy atom. The molecule has 2 fully saturated rings. The summed E-state index contributed by atoms with van der Waals surface area (Å²) < 4.78 is 5.33. The van der Waals surface area contributed by atoms with E-state index in [2.05, 4.69) is 23.2 Å². The topological polar surface area (TPSA) is 48.3 Å². The number of nitriles is 1. The highest BCUT2D eigenvalue weighted by molar-refractivity contribution is 5.11. The van der Waals surface area contributed by atoms with E-state index in [1.54, 1.807) is 7.11 Å². The van der Waals surface area contributed by atoms with Crippen molar-refractivity contribution in [1.29, 1.82) is 5.26 Å². The Morgan fingerprint density at radius 2 is 2.25 bits per heavy atom. The van der Waals surface area contributed by atoms with Crippen LogP contribution < -0.4 is 5.32 Å². The minimum Gasteiger partial charge on any atom is -0.384 e. The van der Waals surface area contributed by atoms with Gasteiger partial charge in [0, 0.05) is 19.7 Å². The Hall–Kier alpha value is -0.630. The highest BCUT2D eigenvalue weighted by Gasteiger charge is 2.39. The van der Waals surface area contributed by atoms with E-state index in [0.717, 1.165) is 39.0 Å². The fraction of sp³-hybridized carbons (Fsp3) is 0.938. The standard InChI is InChI=1S/C16H29N3O/c1-3-18-16(13-17)8-4-7-15(10-16)19-9-5-6-14(11-19)12-20-2/h14-15,18H,3-12H2,1-2H3. The minimum absolute atomic E-state index is 0.286. The molecule has 1 saturated heterocycles. The van der Waals surface area contributed by atoms with Crippen LogP contribution in [0, 0.1) is 17.2 Å². The lowest BCUT2D eigenvalue weighted by Gasteiger charge is -2.44. The van der Waals surface area contributed by atoms with Crippen LogP contribution in [0.4, 0.5) is 0 Å². The first kappa shape index (κ1) is 15.8. The van der Waals surface area contributed by atoms with Crippen LogP contribution in [-0.4, -0.2) is 49.8 Å². The van der Waals surface area contributed by atoms with E-state index in [9.17, 15) is 5.26 Å². The summed E-state index contributed by atoms with van der Waals surface area (Å²) in [5, 5.41) is 13.0. The van der Waals surface area contributed by atoms with E-state index < -0.39 is 0 Å². The molecule has 1 aliphatic carbocycles. The second kappa shape index (κ2) is 7.40. The van der Waals surface area contributed by atoms with Crippen molar-refractivity contribution < 1.29 is 4.74 Å². The molecule has 2 rings (SSSR count). The first-order valence-electron chi connectivity index (χ1n) is 8.12. The SMILES string of the molecule is CCNC1(C#N)CCCC(N2CCCC(COC)C2)C1. The van der Waals surface area contributed by atoms with Gasteiger partial charge >= 0.3 is 0 Å². The molecule has 1 saturated carbocycles. The maximum absolute atomic E-state index is 9.57. The smallest absolute Gasteiger partial charge is 0.108 e. The average molecular weight is 279 g/mol. The summed E-state index contributed by atoms with van der Waals surface area (Å²) in [6.45, 7) is 6.19. The molecule has 1 aliphatic heterocycles. The van der Waals surface area contributed by atoms with Crippen LogP contribution >= 0.6 is 0 Å². The molecule has 0 radical (unpaired) electrons. The van der Waals surface area contributed by atoms with Crippen LogP contribution in [0.2, 0.25) is 0 Å². The summed E-state index contributed by atoms with van der Waals surface area (Å²) in [7, 11) is 1.80. The minimum atomic E-state index is -0.286. The molecule has 0 amide bonds. The molecule has 114 valence electrons. The second-order valence-electron chi connectivity index (χ2n) is 6.43. The third kappa shape index (κ3) is 3.72. The lowest BCUT2D eigenvalue weighted by Crippen LogP contribution is -2.54. The van der Waals surface area contributed by atoms with Crippen LogP contribution in [0.5, 0.6) is 0 Å². The molecular weight excluding hydrogens is 250 g/mol. The number of hydrogen-bond donors (Lipinski definition) is 1. The third-order valence-electron chi connectivity index (χ3n) is 4.92. The molecule has 4 heteroatoms. The van der Waals surface area contributed by atoms with Crippen LogP contribution in [0.15, 0.2) is 0 Å². The summed E-state index contributed by atoms with van der Waals surface area (Å²) in [5.74, 6) is 0.672. The zero-order chi connectivity index (χ0) is 14.4. The van der Waals surface area contributed by atoms with Gasteiger partial charge in [0.05, 0.1) is 12.7 Å². The molecular formula is C16H29N3O. The van der Waals surface area contributed by atoms with Gasteiger partial charge in [-0.15, -0.1) is 0 Å². The summed E-state index contributed by atoms with van der Waals surface area (Å²) in [5.41, 5.74) is -0.286. The fourth-order valence-electron chi connectivity index (χ4n) is 4.00. The van der Waals surface area contributed by atoms with Gasteiger partial charge in [-0.05, 0) is 57.5 Å². The van der Waals surface area contributed by atoms with Crippen LogP contribution in [0.1, 0.15) is 45.4 Å². The fourth-order valence-corrected chi connectivity index (χ4v) is 4.00. The lowest BCUT2D eigenvalue weighted by atomic mass is 9.78. The van der Waals surface area contributed by atoms with Crippen molar-refractivity contribution in [1.82, 2.24) is 10.2 Å². The molecule has 4 nitrogen and oxygen atoms in total. The van der Waals surface area contributed by atoms with Crippen LogP contribution in [0.25, 0.3) is 0 Å². The van der Waals surface area contributed by atoms with Crippen molar-refractivity contribution in [2.24, 2.45) is 5.92 Å². The molecule has 0 aromatic heterocycles. The predicted octanol–water partition coefficient (Wildman–Crippen LogP) is 2.16. The maximum atomic E-state index is 9.57. The largest absolute Gasteiger partial charge is 0.384 e. The van der Waals surface area contributed by atoms with Gasteiger partial charge in [-0.1, -0.05) is 6.92 Å². The summed E-state index contributed by atoms with van der Waals surface area (Å²) in [4.78, 5) is 2.62.